The first-order valence-corrected chi connectivity index (χ1v) is 7.94. The van der Waals surface area contributed by atoms with Gasteiger partial charge < -0.3 is 9.42 Å². The van der Waals surface area contributed by atoms with Crippen molar-refractivity contribution < 1.29 is 12.9 Å². The van der Waals surface area contributed by atoms with Gasteiger partial charge in [0.1, 0.15) is 6.04 Å². The molecule has 0 spiro atoms. The van der Waals surface area contributed by atoms with Crippen LogP contribution in [0.1, 0.15) is 32.2 Å². The Labute approximate surface area is 113 Å². The monoisotopic (exact) mass is 288 g/mol. The van der Waals surface area contributed by atoms with Gasteiger partial charge >= 0.3 is 0 Å². The molecule has 1 fully saturated rings. The third kappa shape index (κ3) is 2.74. The second kappa shape index (κ2) is 5.09. The van der Waals surface area contributed by atoms with Gasteiger partial charge in [-0.3, -0.25) is 0 Å². The largest absolute Gasteiger partial charge is 0.344 e. The van der Waals surface area contributed by atoms with E-state index in [1.54, 1.807) is 4.90 Å². The molecule has 0 amide bonds. The topological polar surface area (TPSA) is 79.5 Å². The van der Waals surface area contributed by atoms with Crippen molar-refractivity contribution in [3.05, 3.63) is 5.89 Å². The molecule has 108 valence electrons. The predicted molar refractivity (Wildman–Crippen MR) is 71.3 cm³/mol. The number of sulfonamides is 1. The smallest absolute Gasteiger partial charge is 0.265 e. The molecule has 1 saturated heterocycles. The van der Waals surface area contributed by atoms with Gasteiger partial charge in [0.05, 0.1) is 5.75 Å². The summed E-state index contributed by atoms with van der Waals surface area (Å²) in [4.78, 5) is 6.01. The van der Waals surface area contributed by atoms with E-state index in [1.807, 2.05) is 27.9 Å². The molecule has 7 nitrogen and oxygen atoms in total. The molecule has 1 unspecified atom stereocenters. The lowest BCUT2D eigenvalue weighted by atomic mass is 10.0. The van der Waals surface area contributed by atoms with E-state index >= 15 is 0 Å². The van der Waals surface area contributed by atoms with E-state index in [4.69, 9.17) is 4.52 Å². The molecule has 1 aromatic rings. The minimum absolute atomic E-state index is 0.0725. The second-order valence-corrected chi connectivity index (χ2v) is 7.34. The molecule has 0 N–H and O–H groups in total. The third-order valence-corrected chi connectivity index (χ3v) is 5.09. The zero-order chi connectivity index (χ0) is 14.2. The Balaban J connectivity index is 2.35. The van der Waals surface area contributed by atoms with Crippen LogP contribution in [0.2, 0.25) is 0 Å². The molecule has 2 rings (SSSR count). The summed E-state index contributed by atoms with van der Waals surface area (Å²) in [5, 5.41) is 3.86. The molecule has 2 heterocycles. The highest BCUT2D eigenvalue weighted by Gasteiger charge is 2.39. The van der Waals surface area contributed by atoms with Gasteiger partial charge in [-0.2, -0.15) is 9.29 Å². The van der Waals surface area contributed by atoms with Gasteiger partial charge in [-0.25, -0.2) is 8.42 Å². The molecule has 1 aromatic heterocycles. The third-order valence-electron chi connectivity index (χ3n) is 3.16. The van der Waals surface area contributed by atoms with Crippen LogP contribution >= 0.6 is 0 Å². The summed E-state index contributed by atoms with van der Waals surface area (Å²) in [6.07, 6.45) is 0.653. The van der Waals surface area contributed by atoms with Crippen molar-refractivity contribution in [3.8, 4) is 0 Å². The summed E-state index contributed by atoms with van der Waals surface area (Å²) in [6.45, 7) is 4.43. The standard InChI is InChI=1S/C11H20N4O3S/c1-8(2)9(15-6-5-7-19(15,16)17)10-12-11(13-18-10)14(3)4/h8-9H,5-7H2,1-4H3. The van der Waals surface area contributed by atoms with Gasteiger partial charge in [0, 0.05) is 20.6 Å². The highest BCUT2D eigenvalue weighted by atomic mass is 32.2. The first-order valence-electron chi connectivity index (χ1n) is 6.33. The van der Waals surface area contributed by atoms with Crippen molar-refractivity contribution in [1.82, 2.24) is 14.4 Å². The summed E-state index contributed by atoms with van der Waals surface area (Å²) in [5.74, 6) is 1.09. The Hall–Kier alpha value is -1.15. The fourth-order valence-corrected chi connectivity index (χ4v) is 4.06. The van der Waals surface area contributed by atoms with Gasteiger partial charge in [-0.1, -0.05) is 13.8 Å². The zero-order valence-corrected chi connectivity index (χ0v) is 12.5. The van der Waals surface area contributed by atoms with Crippen LogP contribution in [0.5, 0.6) is 0 Å². The van der Waals surface area contributed by atoms with Gasteiger partial charge in [0.25, 0.3) is 5.95 Å². The molecule has 1 aliphatic heterocycles. The Morgan fingerprint density at radius 3 is 2.47 bits per heavy atom. The highest BCUT2D eigenvalue weighted by molar-refractivity contribution is 7.89. The summed E-state index contributed by atoms with van der Waals surface area (Å²) >= 11 is 0. The molecule has 1 atom stereocenters. The summed E-state index contributed by atoms with van der Waals surface area (Å²) in [7, 11) is 0.424. The van der Waals surface area contributed by atoms with Crippen molar-refractivity contribution in [1.29, 1.82) is 0 Å². The van der Waals surface area contributed by atoms with Gasteiger partial charge in [-0.05, 0) is 17.5 Å². The van der Waals surface area contributed by atoms with E-state index < -0.39 is 10.0 Å². The molecule has 0 saturated carbocycles. The molecule has 0 radical (unpaired) electrons. The van der Waals surface area contributed by atoms with Crippen LogP contribution in [0.3, 0.4) is 0 Å². The van der Waals surface area contributed by atoms with Crippen LogP contribution in [0, 0.1) is 5.92 Å². The SMILES string of the molecule is CC(C)C(c1nc(N(C)C)no1)N1CCCS1(=O)=O. The lowest BCUT2D eigenvalue weighted by molar-refractivity contribution is 0.214. The lowest BCUT2D eigenvalue weighted by Gasteiger charge is -2.26. The lowest BCUT2D eigenvalue weighted by Crippen LogP contribution is -2.33. The quantitative estimate of drug-likeness (QED) is 0.818. The van der Waals surface area contributed by atoms with Crippen LogP contribution < -0.4 is 4.90 Å². The van der Waals surface area contributed by atoms with Crippen molar-refractivity contribution in [2.75, 3.05) is 31.3 Å². The van der Waals surface area contributed by atoms with E-state index in [0.717, 1.165) is 0 Å². The molecule has 8 heteroatoms. The summed E-state index contributed by atoms with van der Waals surface area (Å²) in [5.41, 5.74) is 0. The van der Waals surface area contributed by atoms with Gasteiger partial charge in [0.2, 0.25) is 15.9 Å². The number of hydrogen-bond acceptors (Lipinski definition) is 6. The molecular formula is C11H20N4O3S. The average molecular weight is 288 g/mol. The first kappa shape index (κ1) is 14.3. The maximum Gasteiger partial charge on any atom is 0.265 e. The van der Waals surface area contributed by atoms with Crippen LogP contribution in [-0.2, 0) is 10.0 Å². The average Bonchev–Trinajstić information content (AvgIpc) is 2.87. The maximum absolute atomic E-state index is 12.0. The first-order chi connectivity index (χ1) is 8.83. The molecular weight excluding hydrogens is 268 g/mol. The highest BCUT2D eigenvalue weighted by Crippen LogP contribution is 2.33. The van der Waals surface area contributed by atoms with E-state index in [1.165, 1.54) is 4.31 Å². The van der Waals surface area contributed by atoms with E-state index in [9.17, 15) is 8.42 Å². The Morgan fingerprint density at radius 2 is 2.05 bits per heavy atom. The van der Waals surface area contributed by atoms with Crippen molar-refractivity contribution >= 4 is 16.0 Å². The molecule has 0 bridgehead atoms. The Bertz CT molecular complexity index is 538. The Kier molecular flexibility index (Phi) is 3.82. The number of rotatable bonds is 4. The van der Waals surface area contributed by atoms with Crippen LogP contribution in [-0.4, -0.2) is 49.3 Å². The second-order valence-electron chi connectivity index (χ2n) is 5.30. The van der Waals surface area contributed by atoms with E-state index in [2.05, 4.69) is 10.1 Å². The van der Waals surface area contributed by atoms with E-state index in [-0.39, 0.29) is 17.7 Å². The molecule has 19 heavy (non-hydrogen) atoms. The summed E-state index contributed by atoms with van der Waals surface area (Å²) in [6, 6.07) is -0.381. The molecule has 0 aliphatic carbocycles. The zero-order valence-electron chi connectivity index (χ0n) is 11.7. The predicted octanol–water partition coefficient (Wildman–Crippen LogP) is 0.868. The maximum atomic E-state index is 12.0. The number of hydrogen-bond donors (Lipinski definition) is 0. The Morgan fingerprint density at radius 1 is 1.37 bits per heavy atom. The van der Waals surface area contributed by atoms with Crippen molar-refractivity contribution in [3.63, 3.8) is 0 Å². The fraction of sp³-hybridized carbons (Fsp3) is 0.818. The van der Waals surface area contributed by atoms with E-state index in [0.29, 0.717) is 24.8 Å². The number of anilines is 1. The number of nitrogens with zero attached hydrogens (tertiary/aromatic N) is 4. The molecule has 1 aliphatic rings. The molecule has 0 aromatic carbocycles. The minimum Gasteiger partial charge on any atom is -0.344 e. The van der Waals surface area contributed by atoms with Crippen LogP contribution in [0.4, 0.5) is 5.95 Å². The van der Waals surface area contributed by atoms with Crippen molar-refractivity contribution in [2.24, 2.45) is 5.92 Å². The minimum atomic E-state index is -3.20. The van der Waals surface area contributed by atoms with Crippen molar-refractivity contribution in [2.45, 2.75) is 26.3 Å². The summed E-state index contributed by atoms with van der Waals surface area (Å²) < 4.78 is 30.8. The fourth-order valence-electron chi connectivity index (χ4n) is 2.24. The van der Waals surface area contributed by atoms with Crippen LogP contribution in [0.25, 0.3) is 0 Å². The number of aromatic nitrogens is 2. The normalized spacial score (nSPS) is 20.9. The van der Waals surface area contributed by atoms with Crippen LogP contribution in [0.15, 0.2) is 4.52 Å². The van der Waals surface area contributed by atoms with Gasteiger partial charge in [-0.15, -0.1) is 0 Å². The van der Waals surface area contributed by atoms with Gasteiger partial charge in [0.15, 0.2) is 0 Å².